The van der Waals surface area contributed by atoms with Gasteiger partial charge in [-0.2, -0.15) is 5.10 Å². The first-order valence-corrected chi connectivity index (χ1v) is 5.48. The van der Waals surface area contributed by atoms with Crippen LogP contribution in [0, 0.1) is 13.8 Å². The predicted octanol–water partition coefficient (Wildman–Crippen LogP) is 1.88. The lowest BCUT2D eigenvalue weighted by atomic mass is 10.3. The van der Waals surface area contributed by atoms with E-state index >= 15 is 0 Å². The largest absolute Gasteiger partial charge is 0.468 e. The number of nitrogens with one attached hydrogen (secondary N) is 1. The van der Waals surface area contributed by atoms with Crippen molar-refractivity contribution in [2.75, 3.05) is 6.54 Å². The summed E-state index contributed by atoms with van der Waals surface area (Å²) in [7, 11) is 0. The van der Waals surface area contributed by atoms with Crippen molar-refractivity contribution in [3.63, 3.8) is 0 Å². The maximum Gasteiger partial charge on any atom is 0.120 e. The van der Waals surface area contributed by atoms with E-state index in [2.05, 4.69) is 17.3 Å². The number of rotatable bonds is 5. The highest BCUT2D eigenvalue weighted by Gasteiger charge is 2.00. The first-order chi connectivity index (χ1) is 7.75. The number of hydrogen-bond donors (Lipinski definition) is 1. The second-order valence-corrected chi connectivity index (χ2v) is 3.98. The van der Waals surface area contributed by atoms with Gasteiger partial charge in [0.1, 0.15) is 5.76 Å². The fraction of sp³-hybridized carbons (Fsp3) is 0.417. The van der Waals surface area contributed by atoms with E-state index in [-0.39, 0.29) is 0 Å². The molecule has 0 aliphatic heterocycles. The van der Waals surface area contributed by atoms with E-state index in [9.17, 15) is 0 Å². The molecule has 16 heavy (non-hydrogen) atoms. The average Bonchev–Trinajstić information content (AvgIpc) is 2.83. The van der Waals surface area contributed by atoms with E-state index in [1.165, 1.54) is 11.1 Å². The number of aromatic nitrogens is 2. The molecule has 0 aliphatic carbocycles. The average molecular weight is 219 g/mol. The van der Waals surface area contributed by atoms with E-state index in [0.29, 0.717) is 0 Å². The molecule has 0 amide bonds. The second kappa shape index (κ2) is 4.99. The van der Waals surface area contributed by atoms with Crippen LogP contribution in [0.15, 0.2) is 29.1 Å². The number of aryl methyl sites for hydroxylation is 2. The maximum atomic E-state index is 5.34. The van der Waals surface area contributed by atoms with Crippen LogP contribution in [0.1, 0.15) is 16.9 Å². The summed E-state index contributed by atoms with van der Waals surface area (Å²) >= 11 is 0. The lowest BCUT2D eigenvalue weighted by molar-refractivity contribution is 0.467. The topological polar surface area (TPSA) is 43.0 Å². The molecule has 0 radical (unpaired) electrons. The zero-order chi connectivity index (χ0) is 11.4. The molecule has 0 bridgehead atoms. The molecule has 2 aromatic heterocycles. The summed E-state index contributed by atoms with van der Waals surface area (Å²) in [5, 5.41) is 7.55. The number of furan rings is 1. The Morgan fingerprint density at radius 2 is 2.31 bits per heavy atom. The summed E-state index contributed by atoms with van der Waals surface area (Å²) in [6, 6.07) is 1.98. The minimum Gasteiger partial charge on any atom is -0.468 e. The Morgan fingerprint density at radius 3 is 2.94 bits per heavy atom. The Kier molecular flexibility index (Phi) is 3.41. The Morgan fingerprint density at radius 1 is 1.44 bits per heavy atom. The third kappa shape index (κ3) is 2.73. The quantitative estimate of drug-likeness (QED) is 0.781. The molecule has 0 aromatic carbocycles. The van der Waals surface area contributed by atoms with E-state index in [1.54, 1.807) is 6.26 Å². The SMILES string of the molecule is Cc1cnn(CCNCc2occc2C)c1. The summed E-state index contributed by atoms with van der Waals surface area (Å²) in [6.07, 6.45) is 5.64. The van der Waals surface area contributed by atoms with Crippen molar-refractivity contribution < 1.29 is 4.42 Å². The van der Waals surface area contributed by atoms with Crippen LogP contribution in [0.5, 0.6) is 0 Å². The second-order valence-electron chi connectivity index (χ2n) is 3.98. The molecule has 0 fully saturated rings. The van der Waals surface area contributed by atoms with Crippen LogP contribution in [-0.4, -0.2) is 16.3 Å². The summed E-state index contributed by atoms with van der Waals surface area (Å²) in [6.45, 7) is 6.65. The van der Waals surface area contributed by atoms with Crippen molar-refractivity contribution in [2.24, 2.45) is 0 Å². The Hall–Kier alpha value is -1.55. The van der Waals surface area contributed by atoms with E-state index < -0.39 is 0 Å². The normalized spacial score (nSPS) is 10.9. The first-order valence-electron chi connectivity index (χ1n) is 5.48. The molecule has 2 rings (SSSR count). The van der Waals surface area contributed by atoms with Gasteiger partial charge in [0.05, 0.1) is 25.5 Å². The van der Waals surface area contributed by atoms with Gasteiger partial charge in [-0.05, 0) is 31.0 Å². The molecule has 4 heteroatoms. The van der Waals surface area contributed by atoms with Gasteiger partial charge in [-0.25, -0.2) is 0 Å². The fourth-order valence-electron chi connectivity index (χ4n) is 1.57. The summed E-state index contributed by atoms with van der Waals surface area (Å²) in [5.74, 6) is 1.01. The van der Waals surface area contributed by atoms with Crippen LogP contribution in [-0.2, 0) is 13.1 Å². The highest BCUT2D eigenvalue weighted by Crippen LogP contribution is 2.07. The van der Waals surface area contributed by atoms with Crippen molar-refractivity contribution in [1.29, 1.82) is 0 Å². The minimum absolute atomic E-state index is 0.777. The van der Waals surface area contributed by atoms with Gasteiger partial charge >= 0.3 is 0 Å². The zero-order valence-electron chi connectivity index (χ0n) is 9.73. The van der Waals surface area contributed by atoms with Crippen LogP contribution in [0.4, 0.5) is 0 Å². The van der Waals surface area contributed by atoms with Gasteiger partial charge in [0.2, 0.25) is 0 Å². The molecule has 0 saturated heterocycles. The monoisotopic (exact) mass is 219 g/mol. The molecule has 0 spiro atoms. The Labute approximate surface area is 95.3 Å². The third-order valence-corrected chi connectivity index (χ3v) is 2.53. The van der Waals surface area contributed by atoms with Gasteiger partial charge in [0.15, 0.2) is 0 Å². The standard InChI is InChI=1S/C12H17N3O/c1-10-7-14-15(9-10)5-4-13-8-12-11(2)3-6-16-12/h3,6-7,9,13H,4-5,8H2,1-2H3. The molecular formula is C12H17N3O. The van der Waals surface area contributed by atoms with Crippen LogP contribution < -0.4 is 5.32 Å². The van der Waals surface area contributed by atoms with Gasteiger partial charge in [-0.1, -0.05) is 0 Å². The molecule has 2 aromatic rings. The highest BCUT2D eigenvalue weighted by molar-refractivity contribution is 5.13. The van der Waals surface area contributed by atoms with Crippen molar-refractivity contribution >= 4 is 0 Å². The van der Waals surface area contributed by atoms with Crippen molar-refractivity contribution in [3.8, 4) is 0 Å². The number of hydrogen-bond acceptors (Lipinski definition) is 3. The van der Waals surface area contributed by atoms with Gasteiger partial charge in [0, 0.05) is 12.7 Å². The Balaban J connectivity index is 1.71. The lowest BCUT2D eigenvalue weighted by Crippen LogP contribution is -2.19. The summed E-state index contributed by atoms with van der Waals surface area (Å²) in [4.78, 5) is 0. The minimum atomic E-state index is 0.777. The van der Waals surface area contributed by atoms with Gasteiger partial charge < -0.3 is 9.73 Å². The van der Waals surface area contributed by atoms with Gasteiger partial charge in [-0.15, -0.1) is 0 Å². The number of nitrogens with zero attached hydrogens (tertiary/aromatic N) is 2. The molecule has 0 atom stereocenters. The molecule has 0 aliphatic rings. The molecule has 0 saturated carbocycles. The van der Waals surface area contributed by atoms with E-state index in [0.717, 1.165) is 25.4 Å². The van der Waals surface area contributed by atoms with Crippen molar-refractivity contribution in [1.82, 2.24) is 15.1 Å². The highest BCUT2D eigenvalue weighted by atomic mass is 16.3. The van der Waals surface area contributed by atoms with Gasteiger partial charge in [0.25, 0.3) is 0 Å². The van der Waals surface area contributed by atoms with Crippen molar-refractivity contribution in [2.45, 2.75) is 26.9 Å². The Bertz CT molecular complexity index is 445. The molecule has 0 unspecified atom stereocenters. The molecule has 1 N–H and O–H groups in total. The van der Waals surface area contributed by atoms with Crippen LogP contribution in [0.25, 0.3) is 0 Å². The maximum absolute atomic E-state index is 5.34. The predicted molar refractivity (Wildman–Crippen MR) is 62.1 cm³/mol. The van der Waals surface area contributed by atoms with Crippen LogP contribution in [0.3, 0.4) is 0 Å². The lowest BCUT2D eigenvalue weighted by Gasteiger charge is -2.03. The van der Waals surface area contributed by atoms with E-state index in [1.807, 2.05) is 30.1 Å². The van der Waals surface area contributed by atoms with Crippen LogP contribution in [0.2, 0.25) is 0 Å². The molecule has 86 valence electrons. The first kappa shape index (κ1) is 11.0. The molecule has 4 nitrogen and oxygen atoms in total. The van der Waals surface area contributed by atoms with Gasteiger partial charge in [-0.3, -0.25) is 4.68 Å². The fourth-order valence-corrected chi connectivity index (χ4v) is 1.57. The summed E-state index contributed by atoms with van der Waals surface area (Å²) in [5.41, 5.74) is 2.39. The molecular weight excluding hydrogens is 202 g/mol. The molecule has 2 heterocycles. The smallest absolute Gasteiger partial charge is 0.120 e. The van der Waals surface area contributed by atoms with Crippen molar-refractivity contribution in [3.05, 3.63) is 41.6 Å². The van der Waals surface area contributed by atoms with E-state index in [4.69, 9.17) is 4.42 Å². The third-order valence-electron chi connectivity index (χ3n) is 2.53. The van der Waals surface area contributed by atoms with Crippen LogP contribution >= 0.6 is 0 Å². The summed E-state index contributed by atoms with van der Waals surface area (Å²) < 4.78 is 7.28. The zero-order valence-corrected chi connectivity index (χ0v) is 9.73.